The lowest BCUT2D eigenvalue weighted by Crippen LogP contribution is -2.48. The van der Waals surface area contributed by atoms with Gasteiger partial charge in [0.15, 0.2) is 0 Å². The summed E-state index contributed by atoms with van der Waals surface area (Å²) < 4.78 is 0. The summed E-state index contributed by atoms with van der Waals surface area (Å²) in [6.07, 6.45) is 0. The zero-order valence-electron chi connectivity index (χ0n) is 14.8. The highest BCUT2D eigenvalue weighted by Gasteiger charge is 2.25. The Labute approximate surface area is 158 Å². The average Bonchev–Trinajstić information content (AvgIpc) is 2.98. The van der Waals surface area contributed by atoms with E-state index in [1.54, 1.807) is 0 Å². The monoisotopic (exact) mass is 367 g/mol. The van der Waals surface area contributed by atoms with Crippen molar-refractivity contribution >= 4 is 28.4 Å². The van der Waals surface area contributed by atoms with Crippen molar-refractivity contribution in [2.75, 3.05) is 26.2 Å². The lowest BCUT2D eigenvalue weighted by Gasteiger charge is -2.34. The summed E-state index contributed by atoms with van der Waals surface area (Å²) in [5, 5.41) is 1.73. The molecule has 0 atom stereocenters. The van der Waals surface area contributed by atoms with Crippen molar-refractivity contribution in [1.82, 2.24) is 14.8 Å². The SMILES string of the molecule is Cc1c(C(=O)N2CCN(Cc3ccccc3)CC2)[nH]c2cc(Cl)ccc12. The van der Waals surface area contributed by atoms with Crippen LogP contribution in [0, 0.1) is 6.92 Å². The van der Waals surface area contributed by atoms with Gasteiger partial charge in [0.1, 0.15) is 5.69 Å². The molecule has 134 valence electrons. The third-order valence-corrected chi connectivity index (χ3v) is 5.38. The number of piperazine rings is 1. The number of amides is 1. The Kier molecular flexibility index (Phi) is 4.70. The first kappa shape index (κ1) is 17.1. The first-order valence-electron chi connectivity index (χ1n) is 8.95. The number of aromatic amines is 1. The van der Waals surface area contributed by atoms with E-state index in [0.29, 0.717) is 10.7 Å². The van der Waals surface area contributed by atoms with Gasteiger partial charge in [0, 0.05) is 48.6 Å². The third kappa shape index (κ3) is 3.35. The molecule has 3 aromatic rings. The topological polar surface area (TPSA) is 39.3 Å². The van der Waals surface area contributed by atoms with E-state index in [0.717, 1.165) is 49.2 Å². The maximum atomic E-state index is 13.0. The molecule has 0 radical (unpaired) electrons. The van der Waals surface area contributed by atoms with E-state index in [2.05, 4.69) is 34.1 Å². The highest BCUT2D eigenvalue weighted by Crippen LogP contribution is 2.25. The van der Waals surface area contributed by atoms with E-state index < -0.39 is 0 Å². The molecule has 1 aliphatic rings. The van der Waals surface area contributed by atoms with Gasteiger partial charge in [0.25, 0.3) is 5.91 Å². The molecule has 0 unspecified atom stereocenters. The molecule has 1 aliphatic heterocycles. The van der Waals surface area contributed by atoms with Gasteiger partial charge in [-0.2, -0.15) is 0 Å². The number of fused-ring (bicyclic) bond motifs is 1. The normalized spacial score (nSPS) is 15.5. The summed E-state index contributed by atoms with van der Waals surface area (Å²) in [7, 11) is 0. The average molecular weight is 368 g/mol. The molecule has 0 saturated carbocycles. The zero-order valence-corrected chi connectivity index (χ0v) is 15.6. The molecule has 2 aromatic carbocycles. The van der Waals surface area contributed by atoms with Crippen LogP contribution >= 0.6 is 11.6 Å². The molecule has 4 rings (SSSR count). The van der Waals surface area contributed by atoms with Gasteiger partial charge in [0.05, 0.1) is 0 Å². The zero-order chi connectivity index (χ0) is 18.1. The molecule has 5 heteroatoms. The Morgan fingerprint density at radius 3 is 2.54 bits per heavy atom. The Hall–Kier alpha value is -2.30. The molecular weight excluding hydrogens is 346 g/mol. The van der Waals surface area contributed by atoms with E-state index in [4.69, 9.17) is 11.6 Å². The fourth-order valence-electron chi connectivity index (χ4n) is 3.63. The Balaban J connectivity index is 1.44. The van der Waals surface area contributed by atoms with Gasteiger partial charge in [-0.25, -0.2) is 0 Å². The molecule has 0 spiro atoms. The van der Waals surface area contributed by atoms with Gasteiger partial charge >= 0.3 is 0 Å². The predicted octanol–water partition coefficient (Wildman–Crippen LogP) is 4.09. The number of carbonyl (C=O) groups excluding carboxylic acids is 1. The number of halogens is 1. The molecule has 1 amide bonds. The molecule has 26 heavy (non-hydrogen) atoms. The number of aromatic nitrogens is 1. The first-order chi connectivity index (χ1) is 12.6. The van der Waals surface area contributed by atoms with Crippen molar-refractivity contribution < 1.29 is 4.79 Å². The van der Waals surface area contributed by atoms with Crippen molar-refractivity contribution in [3.05, 3.63) is 70.4 Å². The number of nitrogens with one attached hydrogen (secondary N) is 1. The Morgan fingerprint density at radius 1 is 1.08 bits per heavy atom. The van der Waals surface area contributed by atoms with Gasteiger partial charge in [0.2, 0.25) is 0 Å². The maximum absolute atomic E-state index is 13.0. The van der Waals surface area contributed by atoms with Crippen molar-refractivity contribution in [1.29, 1.82) is 0 Å². The van der Waals surface area contributed by atoms with Gasteiger partial charge in [-0.1, -0.05) is 48.0 Å². The quantitative estimate of drug-likeness (QED) is 0.757. The van der Waals surface area contributed by atoms with E-state index >= 15 is 0 Å². The molecule has 1 saturated heterocycles. The lowest BCUT2D eigenvalue weighted by atomic mass is 10.1. The Bertz CT molecular complexity index is 927. The Morgan fingerprint density at radius 2 is 1.81 bits per heavy atom. The van der Waals surface area contributed by atoms with Gasteiger partial charge in [-0.3, -0.25) is 9.69 Å². The number of benzene rings is 2. The van der Waals surface area contributed by atoms with Crippen LogP contribution in [0.15, 0.2) is 48.5 Å². The van der Waals surface area contributed by atoms with Crippen LogP contribution in [-0.2, 0) is 6.54 Å². The van der Waals surface area contributed by atoms with Crippen LogP contribution < -0.4 is 0 Å². The van der Waals surface area contributed by atoms with Gasteiger partial charge < -0.3 is 9.88 Å². The van der Waals surface area contributed by atoms with Crippen LogP contribution in [0.3, 0.4) is 0 Å². The summed E-state index contributed by atoms with van der Waals surface area (Å²) in [5.41, 5.74) is 3.91. The summed E-state index contributed by atoms with van der Waals surface area (Å²) in [5.74, 6) is 0.0779. The highest BCUT2D eigenvalue weighted by molar-refractivity contribution is 6.31. The van der Waals surface area contributed by atoms with Crippen LogP contribution in [0.2, 0.25) is 5.02 Å². The minimum Gasteiger partial charge on any atom is -0.350 e. The molecule has 1 aromatic heterocycles. The fraction of sp³-hybridized carbons (Fsp3) is 0.286. The third-order valence-electron chi connectivity index (χ3n) is 5.14. The number of nitrogens with zero attached hydrogens (tertiary/aromatic N) is 2. The molecule has 1 fully saturated rings. The van der Waals surface area contributed by atoms with Crippen LogP contribution in [0.25, 0.3) is 10.9 Å². The van der Waals surface area contributed by atoms with Crippen molar-refractivity contribution in [3.63, 3.8) is 0 Å². The molecule has 2 heterocycles. The summed E-state index contributed by atoms with van der Waals surface area (Å²) in [6, 6.07) is 16.2. The van der Waals surface area contributed by atoms with Gasteiger partial charge in [-0.05, 0) is 30.2 Å². The van der Waals surface area contributed by atoms with Crippen molar-refractivity contribution in [3.8, 4) is 0 Å². The molecule has 0 bridgehead atoms. The second-order valence-corrected chi connectivity index (χ2v) is 7.31. The maximum Gasteiger partial charge on any atom is 0.270 e. The highest BCUT2D eigenvalue weighted by atomic mass is 35.5. The number of hydrogen-bond donors (Lipinski definition) is 1. The summed E-state index contributed by atoms with van der Waals surface area (Å²) >= 11 is 6.07. The number of rotatable bonds is 3. The van der Waals surface area contributed by atoms with E-state index in [-0.39, 0.29) is 5.91 Å². The number of hydrogen-bond acceptors (Lipinski definition) is 2. The minimum atomic E-state index is 0.0779. The molecule has 1 N–H and O–H groups in total. The van der Waals surface area contributed by atoms with Crippen LogP contribution in [0.5, 0.6) is 0 Å². The molecule has 4 nitrogen and oxygen atoms in total. The minimum absolute atomic E-state index is 0.0779. The first-order valence-corrected chi connectivity index (χ1v) is 9.33. The van der Waals surface area contributed by atoms with E-state index in [1.165, 1.54) is 5.56 Å². The molecule has 0 aliphatic carbocycles. The van der Waals surface area contributed by atoms with Crippen molar-refractivity contribution in [2.45, 2.75) is 13.5 Å². The van der Waals surface area contributed by atoms with Crippen LogP contribution in [0.4, 0.5) is 0 Å². The fourth-order valence-corrected chi connectivity index (χ4v) is 3.80. The summed E-state index contributed by atoms with van der Waals surface area (Å²) in [6.45, 7) is 6.22. The number of carbonyl (C=O) groups is 1. The second-order valence-electron chi connectivity index (χ2n) is 6.87. The smallest absolute Gasteiger partial charge is 0.270 e. The van der Waals surface area contributed by atoms with Gasteiger partial charge in [-0.15, -0.1) is 0 Å². The van der Waals surface area contributed by atoms with Crippen LogP contribution in [-0.4, -0.2) is 46.9 Å². The summed E-state index contributed by atoms with van der Waals surface area (Å²) in [4.78, 5) is 20.6. The van der Waals surface area contributed by atoms with E-state index in [1.807, 2.05) is 36.1 Å². The molecular formula is C21H22ClN3O. The predicted molar refractivity (Wildman–Crippen MR) is 106 cm³/mol. The lowest BCUT2D eigenvalue weighted by molar-refractivity contribution is 0.0623. The van der Waals surface area contributed by atoms with E-state index in [9.17, 15) is 4.79 Å². The standard InChI is InChI=1S/C21H22ClN3O/c1-15-18-8-7-17(22)13-19(18)23-20(15)21(26)25-11-9-24(10-12-25)14-16-5-3-2-4-6-16/h2-8,13,23H,9-12,14H2,1H3. The number of aryl methyl sites for hydroxylation is 1. The van der Waals surface area contributed by atoms with Crippen LogP contribution in [0.1, 0.15) is 21.6 Å². The number of H-pyrrole nitrogens is 1. The van der Waals surface area contributed by atoms with Crippen molar-refractivity contribution in [2.24, 2.45) is 0 Å². The largest absolute Gasteiger partial charge is 0.350 e. The second kappa shape index (κ2) is 7.14.